The van der Waals surface area contributed by atoms with Crippen LogP contribution in [0.3, 0.4) is 0 Å². The van der Waals surface area contributed by atoms with Crippen molar-refractivity contribution < 1.29 is 0 Å². The van der Waals surface area contributed by atoms with E-state index in [4.69, 9.17) is 11.6 Å². The van der Waals surface area contributed by atoms with Crippen molar-refractivity contribution in [3.63, 3.8) is 0 Å². The minimum atomic E-state index is 0.735. The van der Waals surface area contributed by atoms with Crippen molar-refractivity contribution in [2.75, 3.05) is 6.54 Å². The quantitative estimate of drug-likeness (QED) is 0.836. The number of halogens is 1. The fourth-order valence-corrected chi connectivity index (χ4v) is 2.19. The predicted molar refractivity (Wildman–Crippen MR) is 66.7 cm³/mol. The van der Waals surface area contributed by atoms with Crippen LogP contribution in [-0.4, -0.2) is 16.5 Å². The molecule has 2 heterocycles. The second-order valence-corrected chi connectivity index (χ2v) is 4.47. The Hall–Kier alpha value is -1.45. The minimum absolute atomic E-state index is 0.735. The van der Waals surface area contributed by atoms with E-state index in [2.05, 4.69) is 21.6 Å². The third kappa shape index (κ3) is 2.04. The average molecular weight is 245 g/mol. The van der Waals surface area contributed by atoms with E-state index in [-0.39, 0.29) is 0 Å². The molecule has 2 aromatic rings. The Morgan fingerprint density at radius 1 is 1.18 bits per heavy atom. The van der Waals surface area contributed by atoms with Gasteiger partial charge in [0.25, 0.3) is 0 Å². The molecular weight excluding hydrogens is 234 g/mol. The van der Waals surface area contributed by atoms with Gasteiger partial charge in [-0.05, 0) is 12.1 Å². The number of nitrogens with one attached hydrogen (secondary N) is 1. The molecule has 0 spiro atoms. The van der Waals surface area contributed by atoms with Gasteiger partial charge >= 0.3 is 0 Å². The first-order valence-electron chi connectivity index (χ1n) is 5.57. The van der Waals surface area contributed by atoms with Crippen molar-refractivity contribution in [3.8, 4) is 11.3 Å². The highest BCUT2D eigenvalue weighted by atomic mass is 35.5. The van der Waals surface area contributed by atoms with Gasteiger partial charge in [-0.25, -0.2) is 9.97 Å². The van der Waals surface area contributed by atoms with Crippen molar-refractivity contribution in [1.29, 1.82) is 0 Å². The maximum atomic E-state index is 5.89. The lowest BCUT2D eigenvalue weighted by molar-refractivity contribution is 0.627. The lowest BCUT2D eigenvalue weighted by Crippen LogP contribution is -2.25. The molecule has 0 amide bonds. The lowest BCUT2D eigenvalue weighted by Gasteiger charge is -2.18. The zero-order valence-corrected chi connectivity index (χ0v) is 9.96. The van der Waals surface area contributed by atoms with Crippen LogP contribution in [0.5, 0.6) is 0 Å². The molecule has 0 fully saturated rings. The SMILES string of the molecule is Clc1ccc(-c2n[c]nc3c2CNCC3)cc1. The molecule has 0 aliphatic carbocycles. The van der Waals surface area contributed by atoms with E-state index in [0.717, 1.165) is 41.5 Å². The van der Waals surface area contributed by atoms with Crippen molar-refractivity contribution in [2.45, 2.75) is 13.0 Å². The first kappa shape index (κ1) is 10.7. The maximum absolute atomic E-state index is 5.89. The Morgan fingerprint density at radius 3 is 2.82 bits per heavy atom. The van der Waals surface area contributed by atoms with Crippen molar-refractivity contribution >= 4 is 11.6 Å². The zero-order chi connectivity index (χ0) is 11.7. The highest BCUT2D eigenvalue weighted by Crippen LogP contribution is 2.25. The molecule has 0 saturated heterocycles. The standard InChI is InChI=1S/C13H11ClN3/c14-10-3-1-9(2-4-10)13-11-7-15-6-5-12(11)16-8-17-13/h1-4,15H,5-7H2. The first-order chi connectivity index (χ1) is 8.34. The molecule has 1 aliphatic heterocycles. The van der Waals surface area contributed by atoms with Crippen molar-refractivity contribution in [3.05, 3.63) is 46.9 Å². The van der Waals surface area contributed by atoms with Gasteiger partial charge < -0.3 is 5.32 Å². The lowest BCUT2D eigenvalue weighted by atomic mass is 10.0. The van der Waals surface area contributed by atoms with Gasteiger partial charge in [0.05, 0.1) is 11.4 Å². The summed E-state index contributed by atoms with van der Waals surface area (Å²) in [5.41, 5.74) is 4.30. The average Bonchev–Trinajstić information content (AvgIpc) is 2.39. The summed E-state index contributed by atoms with van der Waals surface area (Å²) < 4.78 is 0. The van der Waals surface area contributed by atoms with Crippen LogP contribution in [0.15, 0.2) is 24.3 Å². The molecule has 3 rings (SSSR count). The van der Waals surface area contributed by atoms with Crippen molar-refractivity contribution in [2.24, 2.45) is 0 Å². The molecule has 1 radical (unpaired) electrons. The van der Waals surface area contributed by atoms with Gasteiger partial charge in [-0.2, -0.15) is 0 Å². The van der Waals surface area contributed by atoms with E-state index < -0.39 is 0 Å². The van der Waals surface area contributed by atoms with Gasteiger partial charge in [0.15, 0.2) is 6.33 Å². The Kier molecular flexibility index (Phi) is 2.79. The summed E-state index contributed by atoms with van der Waals surface area (Å²) in [6.45, 7) is 1.79. The number of benzene rings is 1. The molecule has 4 heteroatoms. The van der Waals surface area contributed by atoms with Gasteiger partial charge in [0.2, 0.25) is 0 Å². The van der Waals surface area contributed by atoms with Gasteiger partial charge in [0.1, 0.15) is 0 Å². The minimum Gasteiger partial charge on any atom is -0.312 e. The molecule has 3 nitrogen and oxygen atoms in total. The molecule has 17 heavy (non-hydrogen) atoms. The van der Waals surface area contributed by atoms with Crippen molar-refractivity contribution in [1.82, 2.24) is 15.3 Å². The summed E-state index contributed by atoms with van der Waals surface area (Å²) in [5, 5.41) is 4.08. The van der Waals surface area contributed by atoms with Crippen LogP contribution in [0.25, 0.3) is 11.3 Å². The predicted octanol–water partition coefficient (Wildman–Crippen LogP) is 2.24. The molecule has 1 aromatic heterocycles. The van der Waals surface area contributed by atoms with Crippen LogP contribution in [0.2, 0.25) is 5.02 Å². The second kappa shape index (κ2) is 4.43. The number of hydrogen-bond donors (Lipinski definition) is 1. The van der Waals surface area contributed by atoms with Crippen LogP contribution in [0, 0.1) is 6.33 Å². The summed E-state index contributed by atoms with van der Waals surface area (Å²) in [7, 11) is 0. The van der Waals surface area contributed by atoms with Crippen LogP contribution >= 0.6 is 11.6 Å². The zero-order valence-electron chi connectivity index (χ0n) is 9.20. The summed E-state index contributed by atoms with van der Waals surface area (Å²) in [6.07, 6.45) is 3.68. The number of rotatable bonds is 1. The maximum Gasteiger partial charge on any atom is 0.198 e. The second-order valence-electron chi connectivity index (χ2n) is 4.03. The normalized spacial score (nSPS) is 14.4. The number of aromatic nitrogens is 2. The highest BCUT2D eigenvalue weighted by Gasteiger charge is 2.16. The summed E-state index contributed by atoms with van der Waals surface area (Å²) in [5.74, 6) is 0. The largest absolute Gasteiger partial charge is 0.312 e. The Labute approximate surface area is 105 Å². The Balaban J connectivity index is 2.11. The van der Waals surface area contributed by atoms with E-state index in [1.807, 2.05) is 24.3 Å². The van der Waals surface area contributed by atoms with E-state index in [9.17, 15) is 0 Å². The van der Waals surface area contributed by atoms with E-state index >= 15 is 0 Å². The first-order valence-corrected chi connectivity index (χ1v) is 5.95. The molecule has 0 atom stereocenters. The molecule has 85 valence electrons. The van der Waals surface area contributed by atoms with Gasteiger partial charge in [-0.3, -0.25) is 0 Å². The van der Waals surface area contributed by atoms with Gasteiger partial charge in [-0.1, -0.05) is 23.7 Å². The Morgan fingerprint density at radius 2 is 2.00 bits per heavy atom. The van der Waals surface area contributed by atoms with Crippen LogP contribution < -0.4 is 5.32 Å². The molecular formula is C13H11ClN3. The highest BCUT2D eigenvalue weighted by molar-refractivity contribution is 6.30. The van der Waals surface area contributed by atoms with Crippen LogP contribution in [0.1, 0.15) is 11.3 Å². The summed E-state index contributed by atoms with van der Waals surface area (Å²) >= 11 is 5.89. The topological polar surface area (TPSA) is 37.8 Å². The summed E-state index contributed by atoms with van der Waals surface area (Å²) in [6, 6.07) is 7.71. The molecule has 0 saturated carbocycles. The monoisotopic (exact) mass is 244 g/mol. The van der Waals surface area contributed by atoms with Crippen LogP contribution in [-0.2, 0) is 13.0 Å². The van der Waals surface area contributed by atoms with Crippen LogP contribution in [0.4, 0.5) is 0 Å². The van der Waals surface area contributed by atoms with E-state index in [1.165, 1.54) is 5.56 Å². The number of nitrogens with zero attached hydrogens (tertiary/aromatic N) is 2. The van der Waals surface area contributed by atoms with E-state index in [0.29, 0.717) is 0 Å². The molecule has 1 aromatic carbocycles. The third-order valence-electron chi connectivity index (χ3n) is 2.94. The third-order valence-corrected chi connectivity index (χ3v) is 3.19. The fraction of sp³-hybridized carbons (Fsp3) is 0.231. The van der Waals surface area contributed by atoms with Gasteiger partial charge in [0, 0.05) is 35.7 Å². The molecule has 1 aliphatic rings. The molecule has 0 bridgehead atoms. The molecule has 1 N–H and O–H groups in total. The van der Waals surface area contributed by atoms with E-state index in [1.54, 1.807) is 0 Å². The van der Waals surface area contributed by atoms with Gasteiger partial charge in [-0.15, -0.1) is 0 Å². The Bertz CT molecular complexity index is 537. The fourth-order valence-electron chi connectivity index (χ4n) is 2.07. The number of fused-ring (bicyclic) bond motifs is 1. The summed E-state index contributed by atoms with van der Waals surface area (Å²) in [4.78, 5) is 8.49. The molecule has 0 unspecified atom stereocenters. The number of hydrogen-bond acceptors (Lipinski definition) is 3. The smallest absolute Gasteiger partial charge is 0.198 e.